The zero-order valence-corrected chi connectivity index (χ0v) is 9.43. The van der Waals surface area contributed by atoms with Crippen LogP contribution in [-0.4, -0.2) is 12.7 Å². The van der Waals surface area contributed by atoms with E-state index in [0.717, 1.165) is 21.9 Å². The van der Waals surface area contributed by atoms with E-state index in [1.165, 1.54) is 0 Å². The summed E-state index contributed by atoms with van der Waals surface area (Å²) in [5.74, 6) is 0.570. The van der Waals surface area contributed by atoms with Crippen LogP contribution in [0, 0.1) is 6.92 Å². The summed E-state index contributed by atoms with van der Waals surface area (Å²) in [7, 11) is -0.352. The number of benzene rings is 2. The molecule has 2 aromatic carbocycles. The van der Waals surface area contributed by atoms with Crippen molar-refractivity contribution >= 4 is 29.6 Å². The summed E-state index contributed by atoms with van der Waals surface area (Å²) in [6.45, 7) is 2.01. The normalized spacial score (nSPS) is 10.9. The molecule has 1 N–H and O–H groups in total. The first-order chi connectivity index (χ1) is 8.31. The van der Waals surface area contributed by atoms with E-state index in [4.69, 9.17) is 14.1 Å². The molecule has 0 saturated heterocycles. The highest BCUT2D eigenvalue weighted by atomic mass is 16.5. The summed E-state index contributed by atoms with van der Waals surface area (Å²) in [5, 5.41) is 10.9. The van der Waals surface area contributed by atoms with Crippen LogP contribution in [0.1, 0.15) is 5.56 Å². The van der Waals surface area contributed by atoms with Crippen LogP contribution in [0.15, 0.2) is 40.8 Å². The van der Waals surface area contributed by atoms with Crippen molar-refractivity contribution in [3.8, 4) is 5.75 Å². The van der Waals surface area contributed by atoms with Crippen LogP contribution in [0.4, 0.5) is 0 Å². The number of rotatable bonds is 2. The van der Waals surface area contributed by atoms with E-state index in [1.807, 2.05) is 37.3 Å². The molecule has 0 spiro atoms. The van der Waals surface area contributed by atoms with E-state index < -0.39 is 0 Å². The Bertz CT molecular complexity index is 688. The number of hydrogen-bond acceptors (Lipinski definition) is 3. The third-order valence-electron chi connectivity index (χ3n) is 2.91. The standard InChI is InChI=1S/C13H11BO3/c1-8-4-2-5-9-10-6-3-7-11(17-14-15)13(10)16-12(8)9/h2-7,14-15H,1H3. The summed E-state index contributed by atoms with van der Waals surface area (Å²) >= 11 is 0. The first kappa shape index (κ1) is 10.2. The largest absolute Gasteiger partial charge is 0.536 e. The van der Waals surface area contributed by atoms with Gasteiger partial charge in [0.25, 0.3) is 0 Å². The SMILES string of the molecule is Cc1cccc2c1oc1c(OBO)cccc12. The molecule has 3 nitrogen and oxygen atoms in total. The van der Waals surface area contributed by atoms with Crippen LogP contribution in [0.25, 0.3) is 21.9 Å². The van der Waals surface area contributed by atoms with Crippen LogP contribution in [0.5, 0.6) is 5.75 Å². The summed E-state index contributed by atoms with van der Waals surface area (Å²) in [5.41, 5.74) is 2.65. The fourth-order valence-electron chi connectivity index (χ4n) is 2.12. The van der Waals surface area contributed by atoms with Gasteiger partial charge in [-0.15, -0.1) is 0 Å². The predicted octanol–water partition coefficient (Wildman–Crippen LogP) is 2.53. The first-order valence-electron chi connectivity index (χ1n) is 5.46. The van der Waals surface area contributed by atoms with Crippen molar-refractivity contribution in [1.82, 2.24) is 0 Å². The minimum Gasteiger partial charge on any atom is -0.536 e. The lowest BCUT2D eigenvalue weighted by molar-refractivity contribution is 0.451. The Kier molecular flexibility index (Phi) is 2.30. The minimum absolute atomic E-state index is 0.352. The Morgan fingerprint density at radius 2 is 1.76 bits per heavy atom. The molecule has 0 amide bonds. The van der Waals surface area contributed by atoms with Crippen molar-refractivity contribution < 1.29 is 14.1 Å². The summed E-state index contributed by atoms with van der Waals surface area (Å²) in [6, 6.07) is 11.7. The lowest BCUT2D eigenvalue weighted by atomic mass is 10.1. The number of fused-ring (bicyclic) bond motifs is 3. The molecule has 0 aliphatic rings. The number of furan rings is 1. The second-order valence-corrected chi connectivity index (χ2v) is 3.96. The highest BCUT2D eigenvalue weighted by Gasteiger charge is 2.12. The van der Waals surface area contributed by atoms with Gasteiger partial charge in [-0.1, -0.05) is 30.3 Å². The second kappa shape index (κ2) is 3.82. The van der Waals surface area contributed by atoms with Crippen LogP contribution >= 0.6 is 0 Å². The lowest BCUT2D eigenvalue weighted by Crippen LogP contribution is -1.99. The molecule has 0 atom stereocenters. The van der Waals surface area contributed by atoms with Gasteiger partial charge in [0.15, 0.2) is 5.58 Å². The molecule has 0 bridgehead atoms. The van der Waals surface area contributed by atoms with E-state index >= 15 is 0 Å². The maximum absolute atomic E-state index is 8.84. The Labute approximate surface area is 98.9 Å². The molecule has 0 fully saturated rings. The number of para-hydroxylation sites is 2. The molecule has 4 heteroatoms. The average Bonchev–Trinajstić information content (AvgIpc) is 2.71. The van der Waals surface area contributed by atoms with Gasteiger partial charge in [-0.05, 0) is 18.6 Å². The monoisotopic (exact) mass is 226 g/mol. The third kappa shape index (κ3) is 1.49. The topological polar surface area (TPSA) is 42.6 Å². The fourth-order valence-corrected chi connectivity index (χ4v) is 2.12. The maximum Gasteiger partial charge on any atom is 0.504 e. The van der Waals surface area contributed by atoms with Crippen molar-refractivity contribution in [2.75, 3.05) is 0 Å². The van der Waals surface area contributed by atoms with Gasteiger partial charge in [-0.2, -0.15) is 0 Å². The van der Waals surface area contributed by atoms with Crippen LogP contribution in [-0.2, 0) is 0 Å². The summed E-state index contributed by atoms with van der Waals surface area (Å²) in [4.78, 5) is 0. The van der Waals surface area contributed by atoms with Crippen molar-refractivity contribution in [2.24, 2.45) is 0 Å². The molecule has 3 rings (SSSR count). The van der Waals surface area contributed by atoms with E-state index in [1.54, 1.807) is 6.07 Å². The molecule has 84 valence electrons. The van der Waals surface area contributed by atoms with Gasteiger partial charge in [-0.3, -0.25) is 0 Å². The van der Waals surface area contributed by atoms with Crippen molar-refractivity contribution in [3.63, 3.8) is 0 Å². The molecule has 0 unspecified atom stereocenters. The molecule has 1 aromatic heterocycles. The molecule has 0 aliphatic heterocycles. The molecule has 0 radical (unpaired) electrons. The zero-order valence-electron chi connectivity index (χ0n) is 9.43. The van der Waals surface area contributed by atoms with E-state index in [-0.39, 0.29) is 7.69 Å². The lowest BCUT2D eigenvalue weighted by Gasteiger charge is -2.00. The fraction of sp³-hybridized carbons (Fsp3) is 0.0769. The maximum atomic E-state index is 8.84. The highest BCUT2D eigenvalue weighted by Crippen LogP contribution is 2.35. The first-order valence-corrected chi connectivity index (χ1v) is 5.46. The Hall–Kier alpha value is -1.94. The molecular weight excluding hydrogens is 215 g/mol. The van der Waals surface area contributed by atoms with Crippen molar-refractivity contribution in [2.45, 2.75) is 6.92 Å². The van der Waals surface area contributed by atoms with Gasteiger partial charge in [0.1, 0.15) is 11.3 Å². The van der Waals surface area contributed by atoms with Gasteiger partial charge in [0.05, 0.1) is 0 Å². The van der Waals surface area contributed by atoms with Crippen LogP contribution in [0.3, 0.4) is 0 Å². The van der Waals surface area contributed by atoms with Gasteiger partial charge >= 0.3 is 7.69 Å². The molecule has 17 heavy (non-hydrogen) atoms. The zero-order chi connectivity index (χ0) is 11.8. The molecule has 0 saturated carbocycles. The van der Waals surface area contributed by atoms with Crippen molar-refractivity contribution in [3.05, 3.63) is 42.0 Å². The van der Waals surface area contributed by atoms with Crippen LogP contribution < -0.4 is 4.65 Å². The van der Waals surface area contributed by atoms with Gasteiger partial charge in [0.2, 0.25) is 0 Å². The quantitative estimate of drug-likeness (QED) is 0.682. The van der Waals surface area contributed by atoms with E-state index in [2.05, 4.69) is 0 Å². The Morgan fingerprint density at radius 1 is 1.06 bits per heavy atom. The average molecular weight is 226 g/mol. The van der Waals surface area contributed by atoms with Crippen LogP contribution in [0.2, 0.25) is 0 Å². The summed E-state index contributed by atoms with van der Waals surface area (Å²) in [6.07, 6.45) is 0. The highest BCUT2D eigenvalue weighted by molar-refractivity contribution is 6.18. The molecular formula is C13H11BO3. The second-order valence-electron chi connectivity index (χ2n) is 3.96. The van der Waals surface area contributed by atoms with Gasteiger partial charge in [0, 0.05) is 10.8 Å². The Balaban J connectivity index is 2.42. The predicted molar refractivity (Wildman–Crippen MR) is 68.5 cm³/mol. The van der Waals surface area contributed by atoms with E-state index in [0.29, 0.717) is 11.3 Å². The smallest absolute Gasteiger partial charge is 0.504 e. The Morgan fingerprint density at radius 3 is 2.53 bits per heavy atom. The third-order valence-corrected chi connectivity index (χ3v) is 2.91. The minimum atomic E-state index is -0.352. The molecule has 0 aliphatic carbocycles. The number of hydrogen-bond donors (Lipinski definition) is 1. The van der Waals surface area contributed by atoms with Gasteiger partial charge in [-0.25, -0.2) is 0 Å². The molecule has 1 heterocycles. The van der Waals surface area contributed by atoms with E-state index in [9.17, 15) is 0 Å². The summed E-state index contributed by atoms with van der Waals surface area (Å²) < 4.78 is 11.0. The number of aryl methyl sites for hydroxylation is 1. The van der Waals surface area contributed by atoms with Crippen molar-refractivity contribution in [1.29, 1.82) is 0 Å². The molecule has 3 aromatic rings. The van der Waals surface area contributed by atoms with Gasteiger partial charge < -0.3 is 14.1 Å².